The summed E-state index contributed by atoms with van der Waals surface area (Å²) in [7, 11) is 0. The Bertz CT molecular complexity index is 583. The molecular weight excluding hydrogens is 260 g/mol. The minimum Gasteiger partial charge on any atom is -0.348 e. The topological polar surface area (TPSA) is 52.9 Å². The lowest BCUT2D eigenvalue weighted by Crippen LogP contribution is -2.41. The Hall–Kier alpha value is -2.08. The summed E-state index contributed by atoms with van der Waals surface area (Å²) in [5, 5.41) is 12.3. The van der Waals surface area contributed by atoms with Crippen molar-refractivity contribution in [2.45, 2.75) is 45.6 Å². The van der Waals surface area contributed by atoms with Gasteiger partial charge in [-0.15, -0.1) is 0 Å². The SMILES string of the molecule is Cc1ccccc1/C=C(\C#N)C(=O)N[C@H]1CCCC[C@@H]1C. The van der Waals surface area contributed by atoms with Gasteiger partial charge in [0.05, 0.1) is 0 Å². The van der Waals surface area contributed by atoms with E-state index in [0.717, 1.165) is 30.4 Å². The lowest BCUT2D eigenvalue weighted by atomic mass is 9.86. The molecule has 110 valence electrons. The first-order valence-electron chi connectivity index (χ1n) is 7.60. The molecule has 0 aromatic heterocycles. The number of aryl methyl sites for hydroxylation is 1. The van der Waals surface area contributed by atoms with E-state index in [1.165, 1.54) is 6.42 Å². The number of hydrogen-bond acceptors (Lipinski definition) is 2. The van der Waals surface area contributed by atoms with Gasteiger partial charge in [0.1, 0.15) is 11.6 Å². The Morgan fingerprint density at radius 2 is 2.05 bits per heavy atom. The molecule has 1 aromatic rings. The lowest BCUT2D eigenvalue weighted by molar-refractivity contribution is -0.118. The number of nitriles is 1. The van der Waals surface area contributed by atoms with Crippen LogP contribution in [0.2, 0.25) is 0 Å². The maximum Gasteiger partial charge on any atom is 0.262 e. The van der Waals surface area contributed by atoms with Crippen molar-refractivity contribution in [3.63, 3.8) is 0 Å². The molecule has 2 rings (SSSR count). The Morgan fingerprint density at radius 3 is 2.71 bits per heavy atom. The summed E-state index contributed by atoms with van der Waals surface area (Å²) >= 11 is 0. The molecule has 21 heavy (non-hydrogen) atoms. The largest absolute Gasteiger partial charge is 0.348 e. The van der Waals surface area contributed by atoms with Crippen molar-refractivity contribution in [1.29, 1.82) is 5.26 Å². The summed E-state index contributed by atoms with van der Waals surface area (Å²) in [5.41, 5.74) is 2.16. The molecule has 0 radical (unpaired) electrons. The minimum absolute atomic E-state index is 0.182. The highest BCUT2D eigenvalue weighted by molar-refractivity contribution is 6.02. The normalized spacial score (nSPS) is 22.4. The molecule has 0 unspecified atom stereocenters. The fourth-order valence-corrected chi connectivity index (χ4v) is 2.83. The molecule has 3 heteroatoms. The van der Waals surface area contributed by atoms with Crippen LogP contribution in [0.3, 0.4) is 0 Å². The van der Waals surface area contributed by atoms with Crippen molar-refractivity contribution in [3.8, 4) is 6.07 Å². The van der Waals surface area contributed by atoms with Crippen molar-refractivity contribution in [2.24, 2.45) is 5.92 Å². The standard InChI is InChI=1S/C18H22N2O/c1-13-7-3-5-9-15(13)11-16(12-19)18(21)20-17-10-6-4-8-14(17)2/h3,5,7,9,11,14,17H,4,6,8,10H2,1-2H3,(H,20,21)/b16-11+/t14-,17-/m0/s1. The summed E-state index contributed by atoms with van der Waals surface area (Å²) in [6.45, 7) is 4.14. The second-order valence-corrected chi connectivity index (χ2v) is 5.87. The third-order valence-electron chi connectivity index (χ3n) is 4.28. The average molecular weight is 282 g/mol. The molecule has 0 saturated heterocycles. The molecule has 1 aromatic carbocycles. The number of amides is 1. The molecule has 1 fully saturated rings. The summed E-state index contributed by atoms with van der Waals surface area (Å²) in [6.07, 6.45) is 6.22. The number of rotatable bonds is 3. The smallest absolute Gasteiger partial charge is 0.262 e. The van der Waals surface area contributed by atoms with E-state index in [2.05, 4.69) is 12.2 Å². The van der Waals surface area contributed by atoms with E-state index in [-0.39, 0.29) is 17.5 Å². The van der Waals surface area contributed by atoms with Gasteiger partial charge in [-0.25, -0.2) is 0 Å². The van der Waals surface area contributed by atoms with Gasteiger partial charge in [0, 0.05) is 6.04 Å². The van der Waals surface area contributed by atoms with Crippen LogP contribution < -0.4 is 5.32 Å². The van der Waals surface area contributed by atoms with Gasteiger partial charge in [0.25, 0.3) is 5.91 Å². The first kappa shape index (κ1) is 15.3. The van der Waals surface area contributed by atoms with E-state index in [1.807, 2.05) is 37.3 Å². The monoisotopic (exact) mass is 282 g/mol. The zero-order valence-corrected chi connectivity index (χ0v) is 12.7. The van der Waals surface area contributed by atoms with E-state index < -0.39 is 0 Å². The van der Waals surface area contributed by atoms with Crippen LogP contribution in [0.25, 0.3) is 6.08 Å². The molecule has 3 nitrogen and oxygen atoms in total. The summed E-state index contributed by atoms with van der Waals surface area (Å²) in [6, 6.07) is 9.98. The Morgan fingerprint density at radius 1 is 1.33 bits per heavy atom. The van der Waals surface area contributed by atoms with Crippen molar-refractivity contribution < 1.29 is 4.79 Å². The molecule has 0 bridgehead atoms. The highest BCUT2D eigenvalue weighted by atomic mass is 16.1. The van der Waals surface area contributed by atoms with Gasteiger partial charge in [0.15, 0.2) is 0 Å². The van der Waals surface area contributed by atoms with Crippen LogP contribution in [0.5, 0.6) is 0 Å². The van der Waals surface area contributed by atoms with Crippen molar-refractivity contribution >= 4 is 12.0 Å². The van der Waals surface area contributed by atoms with Gasteiger partial charge < -0.3 is 5.32 Å². The first-order chi connectivity index (χ1) is 10.1. The van der Waals surface area contributed by atoms with Gasteiger partial charge in [-0.3, -0.25) is 4.79 Å². The average Bonchev–Trinajstić information content (AvgIpc) is 2.48. The Labute approximate surface area is 126 Å². The lowest BCUT2D eigenvalue weighted by Gasteiger charge is -2.29. The van der Waals surface area contributed by atoms with E-state index in [1.54, 1.807) is 6.08 Å². The molecule has 2 atom stereocenters. The summed E-state index contributed by atoms with van der Waals surface area (Å²) < 4.78 is 0. The van der Waals surface area contributed by atoms with E-state index in [9.17, 15) is 10.1 Å². The number of hydrogen-bond donors (Lipinski definition) is 1. The Kier molecular flexibility index (Phi) is 5.16. The van der Waals surface area contributed by atoms with Crippen molar-refractivity contribution in [3.05, 3.63) is 41.0 Å². The number of nitrogens with zero attached hydrogens (tertiary/aromatic N) is 1. The van der Waals surface area contributed by atoms with Crippen LogP contribution in [0.15, 0.2) is 29.8 Å². The van der Waals surface area contributed by atoms with Gasteiger partial charge >= 0.3 is 0 Å². The highest BCUT2D eigenvalue weighted by Crippen LogP contribution is 2.24. The molecule has 1 saturated carbocycles. The third-order valence-corrected chi connectivity index (χ3v) is 4.28. The first-order valence-corrected chi connectivity index (χ1v) is 7.60. The van der Waals surface area contributed by atoms with Crippen LogP contribution >= 0.6 is 0 Å². The van der Waals surface area contributed by atoms with E-state index in [4.69, 9.17) is 0 Å². The quantitative estimate of drug-likeness (QED) is 0.680. The second-order valence-electron chi connectivity index (χ2n) is 5.87. The fraction of sp³-hybridized carbons (Fsp3) is 0.444. The minimum atomic E-state index is -0.250. The molecule has 1 aliphatic carbocycles. The Balaban J connectivity index is 2.12. The molecule has 0 aliphatic heterocycles. The van der Waals surface area contributed by atoms with Crippen molar-refractivity contribution in [2.75, 3.05) is 0 Å². The number of carbonyl (C=O) groups is 1. The van der Waals surface area contributed by atoms with Crippen LogP contribution in [-0.4, -0.2) is 11.9 Å². The highest BCUT2D eigenvalue weighted by Gasteiger charge is 2.24. The zero-order chi connectivity index (χ0) is 15.2. The van der Waals surface area contributed by atoms with Crippen LogP contribution in [0, 0.1) is 24.2 Å². The number of benzene rings is 1. The zero-order valence-electron chi connectivity index (χ0n) is 12.7. The maximum absolute atomic E-state index is 12.3. The number of nitrogens with one attached hydrogen (secondary N) is 1. The summed E-state index contributed by atoms with van der Waals surface area (Å²) in [5.74, 6) is 0.237. The fourth-order valence-electron chi connectivity index (χ4n) is 2.83. The van der Waals surface area contributed by atoms with Crippen LogP contribution in [0.1, 0.15) is 43.7 Å². The number of carbonyl (C=O) groups excluding carboxylic acids is 1. The van der Waals surface area contributed by atoms with Crippen LogP contribution in [-0.2, 0) is 4.79 Å². The molecule has 1 aliphatic rings. The summed E-state index contributed by atoms with van der Waals surface area (Å²) in [4.78, 5) is 12.3. The van der Waals surface area contributed by atoms with E-state index in [0.29, 0.717) is 5.92 Å². The van der Waals surface area contributed by atoms with Gasteiger partial charge in [-0.2, -0.15) is 5.26 Å². The predicted octanol–water partition coefficient (Wildman–Crippen LogP) is 3.60. The van der Waals surface area contributed by atoms with E-state index >= 15 is 0 Å². The second kappa shape index (κ2) is 7.08. The van der Waals surface area contributed by atoms with Crippen LogP contribution in [0.4, 0.5) is 0 Å². The predicted molar refractivity (Wildman–Crippen MR) is 84.3 cm³/mol. The molecule has 1 N–H and O–H groups in total. The maximum atomic E-state index is 12.3. The molecule has 0 spiro atoms. The van der Waals surface area contributed by atoms with Gasteiger partial charge in [-0.1, -0.05) is 44.0 Å². The van der Waals surface area contributed by atoms with Crippen molar-refractivity contribution in [1.82, 2.24) is 5.32 Å². The molecule has 1 amide bonds. The third kappa shape index (κ3) is 3.95. The van der Waals surface area contributed by atoms with Gasteiger partial charge in [0.2, 0.25) is 0 Å². The van der Waals surface area contributed by atoms with Gasteiger partial charge in [-0.05, 0) is 42.9 Å². The molecular formula is C18H22N2O. The molecule has 0 heterocycles.